The van der Waals surface area contributed by atoms with Crippen molar-refractivity contribution in [2.45, 2.75) is 13.3 Å². The lowest BCUT2D eigenvalue weighted by molar-refractivity contribution is -0.384. The number of nitrogens with zero attached hydrogens (tertiary/aromatic N) is 1. The number of hydrogen-bond acceptors (Lipinski definition) is 4. The smallest absolute Gasteiger partial charge is 0.309 e. The number of ether oxygens (including phenoxy) is 1. The summed E-state index contributed by atoms with van der Waals surface area (Å²) in [4.78, 5) is 21.1. The molecule has 96 valence electrons. The van der Waals surface area contributed by atoms with Crippen molar-refractivity contribution in [2.75, 3.05) is 6.61 Å². The number of nitro benzene ring substituents is 1. The summed E-state index contributed by atoms with van der Waals surface area (Å²) in [5, 5.41) is 10.8. The van der Waals surface area contributed by atoms with Gasteiger partial charge in [-0.1, -0.05) is 23.8 Å². The van der Waals surface area contributed by atoms with Crippen molar-refractivity contribution in [3.63, 3.8) is 0 Å². The van der Waals surface area contributed by atoms with E-state index in [1.54, 1.807) is 19.1 Å². The standard InChI is InChI=1S/C12H12ClNO4/c1-2-18-12(15)5-3-4-9-6-7-10(14(16)17)8-11(9)13/h3-4,6-8H,2,5H2,1H3. The molecule has 0 aliphatic heterocycles. The number of benzene rings is 1. The molecule has 0 aliphatic carbocycles. The largest absolute Gasteiger partial charge is 0.466 e. The highest BCUT2D eigenvalue weighted by molar-refractivity contribution is 6.32. The summed E-state index contributed by atoms with van der Waals surface area (Å²) in [6.45, 7) is 2.07. The van der Waals surface area contributed by atoms with Gasteiger partial charge < -0.3 is 4.74 Å². The highest BCUT2D eigenvalue weighted by Gasteiger charge is 2.07. The zero-order valence-corrected chi connectivity index (χ0v) is 10.5. The molecular weight excluding hydrogens is 258 g/mol. The third-order valence-electron chi connectivity index (χ3n) is 2.08. The van der Waals surface area contributed by atoms with Crippen LogP contribution >= 0.6 is 11.6 Å². The number of nitro groups is 1. The van der Waals surface area contributed by atoms with Crippen LogP contribution in [0.15, 0.2) is 24.3 Å². The molecule has 0 atom stereocenters. The minimum absolute atomic E-state index is 0.0671. The molecule has 0 aromatic heterocycles. The van der Waals surface area contributed by atoms with Crippen molar-refractivity contribution in [3.05, 3.63) is 45.0 Å². The summed E-state index contributed by atoms with van der Waals surface area (Å²) in [5.74, 6) is -0.327. The Bertz CT molecular complexity index is 485. The third kappa shape index (κ3) is 4.18. The number of carbonyl (C=O) groups is 1. The maximum Gasteiger partial charge on any atom is 0.309 e. The molecule has 0 bridgehead atoms. The minimum atomic E-state index is -0.516. The second kappa shape index (κ2) is 6.76. The van der Waals surface area contributed by atoms with E-state index in [1.807, 2.05) is 0 Å². The number of non-ortho nitro benzene ring substituents is 1. The summed E-state index contributed by atoms with van der Waals surface area (Å²) < 4.78 is 4.75. The monoisotopic (exact) mass is 269 g/mol. The summed E-state index contributed by atoms with van der Waals surface area (Å²) >= 11 is 5.88. The maximum atomic E-state index is 11.1. The lowest BCUT2D eigenvalue weighted by Crippen LogP contribution is -2.01. The predicted molar refractivity (Wildman–Crippen MR) is 68.4 cm³/mol. The van der Waals surface area contributed by atoms with Crippen LogP contribution < -0.4 is 0 Å². The molecule has 6 heteroatoms. The van der Waals surface area contributed by atoms with Crippen LogP contribution in [0.2, 0.25) is 5.02 Å². The Kier molecular flexibility index (Phi) is 5.32. The normalized spacial score (nSPS) is 10.6. The Morgan fingerprint density at radius 2 is 2.28 bits per heavy atom. The highest BCUT2D eigenvalue weighted by atomic mass is 35.5. The Morgan fingerprint density at radius 1 is 1.56 bits per heavy atom. The molecular formula is C12H12ClNO4. The first-order chi connectivity index (χ1) is 8.54. The first-order valence-electron chi connectivity index (χ1n) is 5.30. The molecule has 0 N–H and O–H groups in total. The van der Waals surface area contributed by atoms with Crippen molar-refractivity contribution in [3.8, 4) is 0 Å². The van der Waals surface area contributed by atoms with Gasteiger partial charge in [-0.15, -0.1) is 0 Å². The topological polar surface area (TPSA) is 69.4 Å². The quantitative estimate of drug-likeness (QED) is 0.467. The van der Waals surface area contributed by atoms with E-state index in [-0.39, 0.29) is 23.1 Å². The van der Waals surface area contributed by atoms with E-state index in [1.165, 1.54) is 18.2 Å². The summed E-state index contributed by atoms with van der Waals surface area (Å²) in [5.41, 5.74) is 0.550. The first-order valence-corrected chi connectivity index (χ1v) is 5.68. The van der Waals surface area contributed by atoms with Crippen LogP contribution in [0, 0.1) is 10.1 Å². The number of esters is 1. The van der Waals surface area contributed by atoms with Crippen LogP contribution in [-0.2, 0) is 9.53 Å². The lowest BCUT2D eigenvalue weighted by atomic mass is 10.2. The minimum Gasteiger partial charge on any atom is -0.466 e. The van der Waals surface area contributed by atoms with Crippen LogP contribution in [0.3, 0.4) is 0 Å². The zero-order valence-electron chi connectivity index (χ0n) is 9.76. The van der Waals surface area contributed by atoms with Gasteiger partial charge in [-0.05, 0) is 18.6 Å². The number of halogens is 1. The van der Waals surface area contributed by atoms with E-state index >= 15 is 0 Å². The molecule has 0 aliphatic rings. The fourth-order valence-corrected chi connectivity index (χ4v) is 1.50. The molecule has 0 unspecified atom stereocenters. The van der Waals surface area contributed by atoms with Gasteiger partial charge in [0.2, 0.25) is 0 Å². The second-order valence-corrected chi connectivity index (χ2v) is 3.78. The number of carbonyl (C=O) groups excluding carboxylic acids is 1. The van der Waals surface area contributed by atoms with E-state index in [0.717, 1.165) is 0 Å². The Hall–Kier alpha value is -1.88. The first kappa shape index (κ1) is 14.2. The van der Waals surface area contributed by atoms with E-state index in [4.69, 9.17) is 16.3 Å². The van der Waals surface area contributed by atoms with Crippen molar-refractivity contribution < 1.29 is 14.5 Å². The van der Waals surface area contributed by atoms with Gasteiger partial charge >= 0.3 is 5.97 Å². The molecule has 0 amide bonds. The molecule has 1 aromatic carbocycles. The van der Waals surface area contributed by atoms with Gasteiger partial charge in [-0.3, -0.25) is 14.9 Å². The van der Waals surface area contributed by atoms with Crippen molar-refractivity contribution in [2.24, 2.45) is 0 Å². The molecule has 0 fully saturated rings. The average Bonchev–Trinajstić information content (AvgIpc) is 2.31. The van der Waals surface area contributed by atoms with Crippen LogP contribution in [0.1, 0.15) is 18.9 Å². The van der Waals surface area contributed by atoms with Gasteiger partial charge in [-0.2, -0.15) is 0 Å². The van der Waals surface area contributed by atoms with Gasteiger partial charge in [0.15, 0.2) is 0 Å². The number of hydrogen-bond donors (Lipinski definition) is 0. The third-order valence-corrected chi connectivity index (χ3v) is 2.41. The maximum absolute atomic E-state index is 11.1. The van der Waals surface area contributed by atoms with Gasteiger partial charge in [0.05, 0.1) is 23.0 Å². The van der Waals surface area contributed by atoms with E-state index in [2.05, 4.69) is 0 Å². The predicted octanol–water partition coefficient (Wildman–Crippen LogP) is 3.21. The fourth-order valence-electron chi connectivity index (χ4n) is 1.27. The molecule has 18 heavy (non-hydrogen) atoms. The Labute approximate surface area is 109 Å². The molecule has 0 radical (unpaired) electrons. The summed E-state index contributed by atoms with van der Waals surface area (Å²) in [6, 6.07) is 4.16. The molecule has 1 rings (SSSR count). The van der Waals surface area contributed by atoms with Gasteiger partial charge in [0.1, 0.15) is 0 Å². The Balaban J connectivity index is 2.71. The van der Waals surface area contributed by atoms with Crippen molar-refractivity contribution in [1.29, 1.82) is 0 Å². The van der Waals surface area contributed by atoms with Crippen LogP contribution in [0.5, 0.6) is 0 Å². The SMILES string of the molecule is CCOC(=O)CC=Cc1ccc([N+](=O)[O-])cc1Cl. The molecule has 0 spiro atoms. The highest BCUT2D eigenvalue weighted by Crippen LogP contribution is 2.23. The van der Waals surface area contributed by atoms with Crippen molar-refractivity contribution in [1.82, 2.24) is 0 Å². The molecule has 0 saturated carbocycles. The Morgan fingerprint density at radius 3 is 2.83 bits per heavy atom. The fraction of sp³-hybridized carbons (Fsp3) is 0.250. The van der Waals surface area contributed by atoms with Gasteiger partial charge in [0, 0.05) is 12.1 Å². The molecule has 5 nitrogen and oxygen atoms in total. The summed E-state index contributed by atoms with van der Waals surface area (Å²) in [6.07, 6.45) is 3.37. The van der Waals surface area contributed by atoms with E-state index in [9.17, 15) is 14.9 Å². The molecule has 1 aromatic rings. The summed E-state index contributed by atoms with van der Waals surface area (Å²) in [7, 11) is 0. The van der Waals surface area contributed by atoms with Crippen LogP contribution in [0.4, 0.5) is 5.69 Å². The van der Waals surface area contributed by atoms with E-state index < -0.39 is 4.92 Å². The van der Waals surface area contributed by atoms with Crippen LogP contribution in [0.25, 0.3) is 6.08 Å². The van der Waals surface area contributed by atoms with Crippen LogP contribution in [-0.4, -0.2) is 17.5 Å². The zero-order chi connectivity index (χ0) is 13.5. The van der Waals surface area contributed by atoms with Crippen molar-refractivity contribution >= 4 is 29.3 Å². The second-order valence-electron chi connectivity index (χ2n) is 3.37. The molecule has 0 heterocycles. The lowest BCUT2D eigenvalue weighted by Gasteiger charge is -1.99. The van der Waals surface area contributed by atoms with E-state index in [0.29, 0.717) is 12.2 Å². The molecule has 0 saturated heterocycles. The van der Waals surface area contributed by atoms with Gasteiger partial charge in [-0.25, -0.2) is 0 Å². The van der Waals surface area contributed by atoms with Gasteiger partial charge in [0.25, 0.3) is 5.69 Å². The average molecular weight is 270 g/mol. The number of rotatable bonds is 5.